The molecule has 3 aromatic rings. The number of fused-ring (bicyclic) bond motifs is 1. The van der Waals surface area contributed by atoms with Crippen LogP contribution in [0.3, 0.4) is 0 Å². The van der Waals surface area contributed by atoms with Crippen molar-refractivity contribution < 1.29 is 0 Å². The molecule has 0 saturated heterocycles. The van der Waals surface area contributed by atoms with E-state index in [2.05, 4.69) is 11.1 Å². The lowest BCUT2D eigenvalue weighted by atomic mass is 10.0. The van der Waals surface area contributed by atoms with Gasteiger partial charge in [0.15, 0.2) is 0 Å². The predicted octanol–water partition coefficient (Wildman–Crippen LogP) is 4.78. The first-order valence-electron chi connectivity index (χ1n) is 6.69. The number of hydrogen-bond donors (Lipinski definition) is 1. The van der Waals surface area contributed by atoms with Gasteiger partial charge in [-0.3, -0.25) is 4.98 Å². The SMILES string of the molecule is NC(Cc1ccc2ccccc2n1)c1cc(Cl)ccc1Cl. The summed E-state index contributed by atoms with van der Waals surface area (Å²) in [6, 6.07) is 17.2. The summed E-state index contributed by atoms with van der Waals surface area (Å²) in [7, 11) is 0. The van der Waals surface area contributed by atoms with E-state index < -0.39 is 0 Å². The molecule has 0 spiro atoms. The number of nitrogens with two attached hydrogens (primary N) is 1. The Bertz CT molecular complexity index is 787. The smallest absolute Gasteiger partial charge is 0.0705 e. The highest BCUT2D eigenvalue weighted by Gasteiger charge is 2.12. The molecule has 4 heteroatoms. The first-order valence-corrected chi connectivity index (χ1v) is 7.44. The molecule has 0 amide bonds. The summed E-state index contributed by atoms with van der Waals surface area (Å²) in [6.07, 6.45) is 0.616. The molecule has 0 aliphatic heterocycles. The lowest BCUT2D eigenvalue weighted by Gasteiger charge is -2.14. The van der Waals surface area contributed by atoms with Crippen LogP contribution in [0.25, 0.3) is 10.9 Å². The van der Waals surface area contributed by atoms with E-state index in [0.717, 1.165) is 22.2 Å². The van der Waals surface area contributed by atoms with E-state index in [0.29, 0.717) is 16.5 Å². The zero-order valence-corrected chi connectivity index (χ0v) is 12.8. The molecule has 21 heavy (non-hydrogen) atoms. The lowest BCUT2D eigenvalue weighted by molar-refractivity contribution is 0.709. The Morgan fingerprint density at radius 1 is 1.00 bits per heavy atom. The van der Waals surface area contributed by atoms with Gasteiger partial charge in [0, 0.05) is 33.6 Å². The van der Waals surface area contributed by atoms with E-state index in [1.807, 2.05) is 36.4 Å². The summed E-state index contributed by atoms with van der Waals surface area (Å²) in [5.74, 6) is 0. The molecule has 2 nitrogen and oxygen atoms in total. The van der Waals surface area contributed by atoms with E-state index in [4.69, 9.17) is 28.9 Å². The van der Waals surface area contributed by atoms with Crippen LogP contribution < -0.4 is 5.73 Å². The van der Waals surface area contributed by atoms with Crippen molar-refractivity contribution >= 4 is 34.1 Å². The van der Waals surface area contributed by atoms with Gasteiger partial charge in [0.05, 0.1) is 5.52 Å². The predicted molar refractivity (Wildman–Crippen MR) is 88.8 cm³/mol. The molecule has 2 N–H and O–H groups in total. The third-order valence-electron chi connectivity index (χ3n) is 3.44. The first-order chi connectivity index (χ1) is 10.1. The number of para-hydroxylation sites is 1. The second-order valence-corrected chi connectivity index (χ2v) is 5.82. The second-order valence-electron chi connectivity index (χ2n) is 4.97. The molecule has 1 aromatic heterocycles. The van der Waals surface area contributed by atoms with Crippen molar-refractivity contribution in [1.82, 2.24) is 4.98 Å². The molecule has 0 aliphatic carbocycles. The van der Waals surface area contributed by atoms with Crippen molar-refractivity contribution in [3.8, 4) is 0 Å². The van der Waals surface area contributed by atoms with Gasteiger partial charge in [0.2, 0.25) is 0 Å². The van der Waals surface area contributed by atoms with Gasteiger partial charge in [0.1, 0.15) is 0 Å². The van der Waals surface area contributed by atoms with Crippen LogP contribution in [0.5, 0.6) is 0 Å². The van der Waals surface area contributed by atoms with Crippen LogP contribution in [0.2, 0.25) is 10.0 Å². The maximum absolute atomic E-state index is 6.26. The average molecular weight is 317 g/mol. The normalized spacial score (nSPS) is 12.5. The number of benzene rings is 2. The number of hydrogen-bond acceptors (Lipinski definition) is 2. The van der Waals surface area contributed by atoms with Crippen LogP contribution in [0, 0.1) is 0 Å². The standard InChI is InChI=1S/C17H14Cl2N2/c18-12-6-8-15(19)14(9-12)16(20)10-13-7-5-11-3-1-2-4-17(11)21-13/h1-9,16H,10,20H2. The van der Waals surface area contributed by atoms with E-state index in [-0.39, 0.29) is 6.04 Å². The molecule has 0 saturated carbocycles. The van der Waals surface area contributed by atoms with Crippen molar-refractivity contribution in [2.75, 3.05) is 0 Å². The van der Waals surface area contributed by atoms with E-state index >= 15 is 0 Å². The third kappa shape index (κ3) is 3.18. The van der Waals surface area contributed by atoms with E-state index in [1.165, 1.54) is 0 Å². The summed E-state index contributed by atoms with van der Waals surface area (Å²) in [5, 5.41) is 2.39. The molecule has 2 aromatic carbocycles. The van der Waals surface area contributed by atoms with Crippen LogP contribution in [-0.4, -0.2) is 4.98 Å². The summed E-state index contributed by atoms with van der Waals surface area (Å²) < 4.78 is 0. The van der Waals surface area contributed by atoms with E-state index in [1.54, 1.807) is 12.1 Å². The minimum Gasteiger partial charge on any atom is -0.324 e. The molecular weight excluding hydrogens is 303 g/mol. The minimum atomic E-state index is -0.232. The Labute approximate surface area is 133 Å². The molecule has 0 radical (unpaired) electrons. The zero-order chi connectivity index (χ0) is 14.8. The fraction of sp³-hybridized carbons (Fsp3) is 0.118. The van der Waals surface area contributed by atoms with Crippen molar-refractivity contribution in [3.05, 3.63) is 75.9 Å². The highest BCUT2D eigenvalue weighted by atomic mass is 35.5. The maximum Gasteiger partial charge on any atom is 0.0705 e. The zero-order valence-electron chi connectivity index (χ0n) is 11.3. The largest absolute Gasteiger partial charge is 0.324 e. The fourth-order valence-corrected chi connectivity index (χ4v) is 2.79. The third-order valence-corrected chi connectivity index (χ3v) is 4.02. The molecule has 1 unspecified atom stereocenters. The Morgan fingerprint density at radius 3 is 2.67 bits per heavy atom. The van der Waals surface area contributed by atoms with Gasteiger partial charge >= 0.3 is 0 Å². The van der Waals surface area contributed by atoms with Gasteiger partial charge in [-0.15, -0.1) is 0 Å². The minimum absolute atomic E-state index is 0.232. The first kappa shape index (κ1) is 14.3. The van der Waals surface area contributed by atoms with Crippen LogP contribution in [0.1, 0.15) is 17.3 Å². The average Bonchev–Trinajstić information content (AvgIpc) is 2.49. The molecule has 0 bridgehead atoms. The van der Waals surface area contributed by atoms with Gasteiger partial charge in [0.25, 0.3) is 0 Å². The van der Waals surface area contributed by atoms with Crippen LogP contribution >= 0.6 is 23.2 Å². The monoisotopic (exact) mass is 316 g/mol. The summed E-state index contributed by atoms with van der Waals surface area (Å²) >= 11 is 12.2. The quantitative estimate of drug-likeness (QED) is 0.755. The highest BCUT2D eigenvalue weighted by molar-refractivity contribution is 6.33. The van der Waals surface area contributed by atoms with Crippen molar-refractivity contribution in [1.29, 1.82) is 0 Å². The van der Waals surface area contributed by atoms with Gasteiger partial charge in [-0.05, 0) is 35.9 Å². The Balaban J connectivity index is 1.88. The van der Waals surface area contributed by atoms with Crippen molar-refractivity contribution in [3.63, 3.8) is 0 Å². The second kappa shape index (κ2) is 6.02. The van der Waals surface area contributed by atoms with Crippen LogP contribution in [-0.2, 0) is 6.42 Å². The van der Waals surface area contributed by atoms with Gasteiger partial charge in [-0.1, -0.05) is 47.5 Å². The maximum atomic E-state index is 6.26. The summed E-state index contributed by atoms with van der Waals surface area (Å²) in [6.45, 7) is 0. The Hall–Kier alpha value is -1.61. The highest BCUT2D eigenvalue weighted by Crippen LogP contribution is 2.27. The number of aromatic nitrogens is 1. The Kier molecular flexibility index (Phi) is 4.11. The van der Waals surface area contributed by atoms with Crippen molar-refractivity contribution in [2.45, 2.75) is 12.5 Å². The number of pyridine rings is 1. The van der Waals surface area contributed by atoms with Crippen LogP contribution in [0.4, 0.5) is 0 Å². The summed E-state index contributed by atoms with van der Waals surface area (Å²) in [4.78, 5) is 4.64. The molecule has 1 heterocycles. The van der Waals surface area contributed by atoms with Gasteiger partial charge < -0.3 is 5.73 Å². The van der Waals surface area contributed by atoms with Gasteiger partial charge in [-0.25, -0.2) is 0 Å². The van der Waals surface area contributed by atoms with E-state index in [9.17, 15) is 0 Å². The van der Waals surface area contributed by atoms with Crippen molar-refractivity contribution in [2.24, 2.45) is 5.73 Å². The Morgan fingerprint density at radius 2 is 1.81 bits per heavy atom. The van der Waals surface area contributed by atoms with Gasteiger partial charge in [-0.2, -0.15) is 0 Å². The number of halogens is 2. The molecule has 106 valence electrons. The molecule has 0 aliphatic rings. The molecule has 0 fully saturated rings. The van der Waals surface area contributed by atoms with Crippen LogP contribution in [0.15, 0.2) is 54.6 Å². The fourth-order valence-electron chi connectivity index (χ4n) is 2.36. The number of rotatable bonds is 3. The lowest BCUT2D eigenvalue weighted by Crippen LogP contribution is -2.14. The molecule has 3 rings (SSSR count). The molecule has 1 atom stereocenters. The molecular formula is C17H14Cl2N2. The topological polar surface area (TPSA) is 38.9 Å². The summed E-state index contributed by atoms with van der Waals surface area (Å²) in [5.41, 5.74) is 9.02. The number of nitrogens with zero attached hydrogens (tertiary/aromatic N) is 1.